The van der Waals surface area contributed by atoms with Crippen LogP contribution in [0.25, 0.3) is 0 Å². The van der Waals surface area contributed by atoms with Crippen LogP contribution in [-0.2, 0) is 11.2 Å². The van der Waals surface area contributed by atoms with E-state index >= 15 is 0 Å². The molecule has 0 spiro atoms. The molecule has 1 aromatic heterocycles. The SMILES string of the molecule is Cc1ccc(C)c(CCC(=O)Nc2ccc(N)cn2)c1. The van der Waals surface area contributed by atoms with E-state index in [1.807, 2.05) is 0 Å². The predicted molar refractivity (Wildman–Crippen MR) is 81.5 cm³/mol. The third-order valence-electron chi connectivity index (χ3n) is 3.18. The third-order valence-corrected chi connectivity index (χ3v) is 3.18. The van der Waals surface area contributed by atoms with Crippen molar-refractivity contribution in [3.8, 4) is 0 Å². The minimum absolute atomic E-state index is 0.0387. The van der Waals surface area contributed by atoms with Crippen LogP contribution in [0.4, 0.5) is 11.5 Å². The van der Waals surface area contributed by atoms with Gasteiger partial charge in [-0.1, -0.05) is 23.8 Å². The summed E-state index contributed by atoms with van der Waals surface area (Å²) in [4.78, 5) is 15.9. The summed E-state index contributed by atoms with van der Waals surface area (Å²) >= 11 is 0. The quantitative estimate of drug-likeness (QED) is 0.896. The highest BCUT2D eigenvalue weighted by molar-refractivity contribution is 5.89. The summed E-state index contributed by atoms with van der Waals surface area (Å²) in [6, 6.07) is 9.71. The lowest BCUT2D eigenvalue weighted by atomic mass is 10.0. The molecule has 0 bridgehead atoms. The highest BCUT2D eigenvalue weighted by Gasteiger charge is 2.06. The maximum atomic E-state index is 11.9. The number of aryl methyl sites for hydroxylation is 3. The molecular weight excluding hydrogens is 250 g/mol. The van der Waals surface area contributed by atoms with Crippen molar-refractivity contribution in [2.45, 2.75) is 26.7 Å². The molecule has 0 aliphatic heterocycles. The molecule has 1 amide bonds. The van der Waals surface area contributed by atoms with Crippen molar-refractivity contribution >= 4 is 17.4 Å². The highest BCUT2D eigenvalue weighted by atomic mass is 16.1. The maximum Gasteiger partial charge on any atom is 0.225 e. The minimum atomic E-state index is -0.0387. The molecule has 0 atom stereocenters. The largest absolute Gasteiger partial charge is 0.397 e. The van der Waals surface area contributed by atoms with Crippen LogP contribution in [0, 0.1) is 13.8 Å². The monoisotopic (exact) mass is 269 g/mol. The standard InChI is InChI=1S/C16H19N3O/c1-11-3-4-12(2)13(9-11)5-8-16(20)19-15-7-6-14(17)10-18-15/h3-4,6-7,9-10H,5,8,17H2,1-2H3,(H,18,19,20). The molecule has 0 radical (unpaired) electrons. The number of nitrogens with two attached hydrogens (primary N) is 1. The molecule has 2 rings (SSSR count). The van der Waals surface area contributed by atoms with Crippen molar-refractivity contribution < 1.29 is 4.79 Å². The molecule has 1 heterocycles. The second-order valence-electron chi connectivity index (χ2n) is 4.95. The van der Waals surface area contributed by atoms with E-state index in [1.54, 1.807) is 12.1 Å². The number of hydrogen-bond acceptors (Lipinski definition) is 3. The van der Waals surface area contributed by atoms with Gasteiger partial charge in [0.05, 0.1) is 11.9 Å². The summed E-state index contributed by atoms with van der Waals surface area (Å²) in [7, 11) is 0. The molecule has 0 aliphatic carbocycles. The Hall–Kier alpha value is -2.36. The Balaban J connectivity index is 1.92. The fourth-order valence-corrected chi connectivity index (χ4v) is 2.00. The van der Waals surface area contributed by atoms with Crippen LogP contribution in [0.2, 0.25) is 0 Å². The normalized spacial score (nSPS) is 10.3. The summed E-state index contributed by atoms with van der Waals surface area (Å²) in [6.45, 7) is 4.12. The number of carbonyl (C=O) groups excluding carboxylic acids is 1. The van der Waals surface area contributed by atoms with Crippen molar-refractivity contribution in [3.05, 3.63) is 53.2 Å². The summed E-state index contributed by atoms with van der Waals surface area (Å²) in [6.07, 6.45) is 2.70. The van der Waals surface area contributed by atoms with E-state index in [4.69, 9.17) is 5.73 Å². The van der Waals surface area contributed by atoms with Gasteiger partial charge in [-0.05, 0) is 43.5 Å². The van der Waals surface area contributed by atoms with E-state index in [0.29, 0.717) is 17.9 Å². The number of nitrogen functional groups attached to an aromatic ring is 1. The molecule has 0 aliphatic rings. The topological polar surface area (TPSA) is 68.0 Å². The van der Waals surface area contributed by atoms with Gasteiger partial charge in [0, 0.05) is 6.42 Å². The molecule has 0 saturated heterocycles. The van der Waals surface area contributed by atoms with Crippen molar-refractivity contribution in [2.75, 3.05) is 11.1 Å². The van der Waals surface area contributed by atoms with Gasteiger partial charge in [0.2, 0.25) is 5.91 Å². The number of amides is 1. The van der Waals surface area contributed by atoms with E-state index in [2.05, 4.69) is 42.3 Å². The first-order valence-corrected chi connectivity index (χ1v) is 6.62. The van der Waals surface area contributed by atoms with Gasteiger partial charge in [0.1, 0.15) is 5.82 Å². The number of aromatic nitrogens is 1. The number of carbonyl (C=O) groups is 1. The van der Waals surface area contributed by atoms with Crippen LogP contribution >= 0.6 is 0 Å². The Morgan fingerprint density at radius 3 is 2.75 bits per heavy atom. The predicted octanol–water partition coefficient (Wildman–Crippen LogP) is 2.85. The summed E-state index contributed by atoms with van der Waals surface area (Å²) < 4.78 is 0. The number of nitrogens with zero attached hydrogens (tertiary/aromatic N) is 1. The zero-order valence-electron chi connectivity index (χ0n) is 11.8. The zero-order valence-corrected chi connectivity index (χ0v) is 11.8. The molecule has 0 unspecified atom stereocenters. The highest BCUT2D eigenvalue weighted by Crippen LogP contribution is 2.13. The van der Waals surface area contributed by atoms with Gasteiger partial charge in [0.25, 0.3) is 0 Å². The smallest absolute Gasteiger partial charge is 0.225 e. The van der Waals surface area contributed by atoms with Crippen LogP contribution in [0.1, 0.15) is 23.1 Å². The molecule has 0 saturated carbocycles. The number of hydrogen-bond donors (Lipinski definition) is 2. The Morgan fingerprint density at radius 2 is 2.05 bits per heavy atom. The maximum absolute atomic E-state index is 11.9. The lowest BCUT2D eigenvalue weighted by Crippen LogP contribution is -2.13. The summed E-state index contributed by atoms with van der Waals surface area (Å²) in [5.41, 5.74) is 9.77. The Morgan fingerprint density at radius 1 is 1.25 bits per heavy atom. The van der Waals surface area contributed by atoms with Crippen LogP contribution in [0.15, 0.2) is 36.5 Å². The van der Waals surface area contributed by atoms with E-state index in [0.717, 1.165) is 6.42 Å². The lowest BCUT2D eigenvalue weighted by Gasteiger charge is -2.08. The molecule has 1 aromatic carbocycles. The number of nitrogens with one attached hydrogen (secondary N) is 1. The van der Waals surface area contributed by atoms with Gasteiger partial charge in [-0.15, -0.1) is 0 Å². The second-order valence-corrected chi connectivity index (χ2v) is 4.95. The summed E-state index contributed by atoms with van der Waals surface area (Å²) in [5.74, 6) is 0.494. The lowest BCUT2D eigenvalue weighted by molar-refractivity contribution is -0.116. The molecule has 2 aromatic rings. The first-order chi connectivity index (χ1) is 9.54. The first kappa shape index (κ1) is 14.1. The molecular formula is C16H19N3O. The van der Waals surface area contributed by atoms with Crippen LogP contribution in [-0.4, -0.2) is 10.9 Å². The second kappa shape index (κ2) is 6.19. The Bertz CT molecular complexity index is 606. The van der Waals surface area contributed by atoms with E-state index in [1.165, 1.54) is 22.9 Å². The number of rotatable bonds is 4. The van der Waals surface area contributed by atoms with Gasteiger partial charge >= 0.3 is 0 Å². The van der Waals surface area contributed by atoms with Crippen LogP contribution < -0.4 is 11.1 Å². The van der Waals surface area contributed by atoms with Crippen molar-refractivity contribution in [2.24, 2.45) is 0 Å². The first-order valence-electron chi connectivity index (χ1n) is 6.62. The Labute approximate surface area is 119 Å². The number of pyridine rings is 1. The summed E-state index contributed by atoms with van der Waals surface area (Å²) in [5, 5.41) is 2.77. The molecule has 4 heteroatoms. The van der Waals surface area contributed by atoms with Crippen LogP contribution in [0.3, 0.4) is 0 Å². The average Bonchev–Trinajstić information content (AvgIpc) is 2.42. The molecule has 104 valence electrons. The molecule has 0 fully saturated rings. The van der Waals surface area contributed by atoms with E-state index in [-0.39, 0.29) is 5.91 Å². The molecule has 3 N–H and O–H groups in total. The van der Waals surface area contributed by atoms with Crippen molar-refractivity contribution in [3.63, 3.8) is 0 Å². The average molecular weight is 269 g/mol. The molecule has 4 nitrogen and oxygen atoms in total. The van der Waals surface area contributed by atoms with Gasteiger partial charge in [-0.3, -0.25) is 4.79 Å². The minimum Gasteiger partial charge on any atom is -0.397 e. The number of anilines is 2. The fraction of sp³-hybridized carbons (Fsp3) is 0.250. The van der Waals surface area contributed by atoms with Crippen molar-refractivity contribution in [1.29, 1.82) is 0 Å². The van der Waals surface area contributed by atoms with Gasteiger partial charge in [-0.2, -0.15) is 0 Å². The van der Waals surface area contributed by atoms with E-state index < -0.39 is 0 Å². The number of benzene rings is 1. The Kier molecular flexibility index (Phi) is 4.35. The van der Waals surface area contributed by atoms with E-state index in [9.17, 15) is 4.79 Å². The zero-order chi connectivity index (χ0) is 14.5. The van der Waals surface area contributed by atoms with Crippen LogP contribution in [0.5, 0.6) is 0 Å². The molecule has 20 heavy (non-hydrogen) atoms. The fourth-order valence-electron chi connectivity index (χ4n) is 2.00. The van der Waals surface area contributed by atoms with Crippen molar-refractivity contribution in [1.82, 2.24) is 4.98 Å². The van der Waals surface area contributed by atoms with Gasteiger partial charge in [0.15, 0.2) is 0 Å². The van der Waals surface area contributed by atoms with Gasteiger partial charge in [-0.25, -0.2) is 4.98 Å². The third kappa shape index (κ3) is 3.82. The van der Waals surface area contributed by atoms with Gasteiger partial charge < -0.3 is 11.1 Å².